The molecule has 0 amide bonds. The third-order valence-corrected chi connectivity index (χ3v) is 3.89. The van der Waals surface area contributed by atoms with Crippen LogP contribution in [-0.2, 0) is 16.1 Å². The van der Waals surface area contributed by atoms with E-state index in [0.717, 1.165) is 31.4 Å². The molecule has 0 N–H and O–H groups in total. The molecular formula is C13H16Cl2N2O2. The Kier molecular flexibility index (Phi) is 5.02. The molecule has 104 valence electrons. The normalized spacial score (nSPS) is 20.3. The van der Waals surface area contributed by atoms with Crippen LogP contribution in [0.1, 0.15) is 24.8 Å². The van der Waals surface area contributed by atoms with E-state index in [0.29, 0.717) is 16.9 Å². The first-order valence-corrected chi connectivity index (χ1v) is 7.00. The number of likely N-dealkylation sites (tertiary alicyclic amines) is 1. The summed E-state index contributed by atoms with van der Waals surface area (Å²) >= 11 is 11.8. The molecule has 1 aromatic rings. The predicted molar refractivity (Wildman–Crippen MR) is 74.3 cm³/mol. The van der Waals surface area contributed by atoms with E-state index in [1.807, 2.05) is 6.07 Å². The molecule has 0 aromatic carbocycles. The van der Waals surface area contributed by atoms with E-state index in [-0.39, 0.29) is 12.0 Å². The van der Waals surface area contributed by atoms with E-state index in [1.165, 1.54) is 7.11 Å². The minimum absolute atomic E-state index is 0.183. The molecule has 1 aromatic heterocycles. The van der Waals surface area contributed by atoms with Gasteiger partial charge in [-0.25, -0.2) is 4.98 Å². The van der Waals surface area contributed by atoms with Crippen LogP contribution in [-0.4, -0.2) is 35.5 Å². The molecule has 0 radical (unpaired) electrons. The zero-order chi connectivity index (χ0) is 13.8. The third-order valence-electron chi connectivity index (χ3n) is 3.35. The molecule has 1 saturated heterocycles. The van der Waals surface area contributed by atoms with Crippen molar-refractivity contribution in [1.82, 2.24) is 9.88 Å². The number of hydrogen-bond donors (Lipinski definition) is 0. The molecule has 6 heteroatoms. The van der Waals surface area contributed by atoms with E-state index in [2.05, 4.69) is 9.88 Å². The molecule has 19 heavy (non-hydrogen) atoms. The summed E-state index contributed by atoms with van der Waals surface area (Å²) in [5.41, 5.74) is 0.877. The quantitative estimate of drug-likeness (QED) is 0.636. The lowest BCUT2D eigenvalue weighted by Crippen LogP contribution is -2.44. The van der Waals surface area contributed by atoms with E-state index < -0.39 is 0 Å². The minimum atomic E-state index is -0.189. The number of pyridine rings is 1. The molecule has 1 aliphatic heterocycles. The second kappa shape index (κ2) is 6.55. The molecule has 2 rings (SSSR count). The van der Waals surface area contributed by atoms with Crippen molar-refractivity contribution in [3.05, 3.63) is 28.0 Å². The van der Waals surface area contributed by atoms with Crippen molar-refractivity contribution in [2.75, 3.05) is 13.7 Å². The molecule has 2 heterocycles. The predicted octanol–water partition coefficient (Wildman–Crippen LogP) is 2.92. The van der Waals surface area contributed by atoms with E-state index >= 15 is 0 Å². The molecule has 0 aliphatic carbocycles. The number of hydrogen-bond acceptors (Lipinski definition) is 4. The second-order valence-corrected chi connectivity index (χ2v) is 5.33. The first-order valence-electron chi connectivity index (χ1n) is 6.24. The van der Waals surface area contributed by atoms with Gasteiger partial charge in [-0.1, -0.05) is 35.7 Å². The number of nitrogens with zero attached hydrogens (tertiary/aromatic N) is 2. The molecule has 1 atom stereocenters. The van der Waals surface area contributed by atoms with Gasteiger partial charge in [-0.15, -0.1) is 0 Å². The second-order valence-electron chi connectivity index (χ2n) is 4.59. The molecule has 0 bridgehead atoms. The van der Waals surface area contributed by atoms with Gasteiger partial charge in [0.05, 0.1) is 7.11 Å². The minimum Gasteiger partial charge on any atom is -0.468 e. The smallest absolute Gasteiger partial charge is 0.323 e. The summed E-state index contributed by atoms with van der Waals surface area (Å²) < 4.78 is 4.86. The fraction of sp³-hybridized carbons (Fsp3) is 0.538. The van der Waals surface area contributed by atoms with Crippen LogP contribution in [0.25, 0.3) is 0 Å². The summed E-state index contributed by atoms with van der Waals surface area (Å²) in [6.45, 7) is 1.45. The first-order chi connectivity index (χ1) is 9.11. The van der Waals surface area contributed by atoms with Gasteiger partial charge < -0.3 is 4.74 Å². The molecule has 1 aliphatic rings. The highest BCUT2D eigenvalue weighted by Crippen LogP contribution is 2.24. The van der Waals surface area contributed by atoms with Crippen LogP contribution in [0.4, 0.5) is 0 Å². The van der Waals surface area contributed by atoms with Gasteiger partial charge in [-0.2, -0.15) is 0 Å². The van der Waals surface area contributed by atoms with Gasteiger partial charge in [0, 0.05) is 12.1 Å². The van der Waals surface area contributed by atoms with Crippen molar-refractivity contribution in [1.29, 1.82) is 0 Å². The molecule has 0 unspecified atom stereocenters. The Balaban J connectivity index is 2.13. The van der Waals surface area contributed by atoms with Crippen molar-refractivity contribution in [2.45, 2.75) is 31.8 Å². The van der Waals surface area contributed by atoms with Gasteiger partial charge in [-0.3, -0.25) is 9.69 Å². The summed E-state index contributed by atoms with van der Waals surface area (Å²) in [6.07, 6.45) is 2.94. The number of esters is 1. The van der Waals surface area contributed by atoms with Crippen LogP contribution < -0.4 is 0 Å². The highest BCUT2D eigenvalue weighted by Gasteiger charge is 2.29. The first kappa shape index (κ1) is 14.6. The number of carbonyl (C=O) groups excluding carboxylic acids is 1. The number of rotatable bonds is 3. The number of aromatic nitrogens is 1. The van der Waals surface area contributed by atoms with Gasteiger partial charge in [-0.05, 0) is 25.5 Å². The Bertz CT molecular complexity index is 468. The lowest BCUT2D eigenvalue weighted by atomic mass is 10.0. The summed E-state index contributed by atoms with van der Waals surface area (Å²) in [5.74, 6) is -0.183. The number of halogens is 2. The van der Waals surface area contributed by atoms with Crippen molar-refractivity contribution in [2.24, 2.45) is 0 Å². The maximum atomic E-state index is 11.8. The highest BCUT2D eigenvalue weighted by atomic mass is 35.5. The Labute approximate surface area is 122 Å². The zero-order valence-corrected chi connectivity index (χ0v) is 12.2. The van der Waals surface area contributed by atoms with Crippen LogP contribution in [0, 0.1) is 0 Å². The molecule has 1 fully saturated rings. The summed E-state index contributed by atoms with van der Waals surface area (Å²) in [5, 5.41) is 0.763. The number of methoxy groups -OCH3 is 1. The lowest BCUT2D eigenvalue weighted by molar-refractivity contribution is -0.148. The van der Waals surface area contributed by atoms with Crippen LogP contribution in [0.3, 0.4) is 0 Å². The Morgan fingerprint density at radius 3 is 2.95 bits per heavy atom. The topological polar surface area (TPSA) is 42.4 Å². The molecule has 4 nitrogen and oxygen atoms in total. The van der Waals surface area contributed by atoms with Crippen LogP contribution in [0.5, 0.6) is 0 Å². The van der Waals surface area contributed by atoms with Crippen molar-refractivity contribution in [3.63, 3.8) is 0 Å². The summed E-state index contributed by atoms with van der Waals surface area (Å²) in [7, 11) is 1.42. The van der Waals surface area contributed by atoms with Crippen molar-refractivity contribution in [3.8, 4) is 0 Å². The summed E-state index contributed by atoms with van der Waals surface area (Å²) in [6, 6.07) is 3.37. The van der Waals surface area contributed by atoms with E-state index in [9.17, 15) is 4.79 Å². The fourth-order valence-corrected chi connectivity index (χ4v) is 2.77. The van der Waals surface area contributed by atoms with Crippen molar-refractivity contribution >= 4 is 29.2 Å². The molecule has 0 saturated carbocycles. The van der Waals surface area contributed by atoms with Gasteiger partial charge in [0.25, 0.3) is 0 Å². The average molecular weight is 303 g/mol. The highest BCUT2D eigenvalue weighted by molar-refractivity contribution is 6.32. The van der Waals surface area contributed by atoms with Gasteiger partial charge >= 0.3 is 5.97 Å². The molecule has 0 spiro atoms. The Morgan fingerprint density at radius 2 is 2.26 bits per heavy atom. The largest absolute Gasteiger partial charge is 0.468 e. The number of ether oxygens (including phenoxy) is 1. The lowest BCUT2D eigenvalue weighted by Gasteiger charge is -2.33. The monoisotopic (exact) mass is 302 g/mol. The van der Waals surface area contributed by atoms with Gasteiger partial charge in [0.2, 0.25) is 0 Å². The maximum Gasteiger partial charge on any atom is 0.323 e. The fourth-order valence-electron chi connectivity index (χ4n) is 2.36. The Morgan fingerprint density at radius 1 is 1.47 bits per heavy atom. The standard InChI is InChI=1S/C13H16Cl2N2O2/c1-19-13(18)10-4-2-3-7-17(10)8-9-5-6-11(14)16-12(9)15/h5-6,10H,2-4,7-8H2,1H3/t10-/m1/s1. The molecular weight excluding hydrogens is 287 g/mol. The third kappa shape index (κ3) is 3.59. The average Bonchev–Trinajstić information content (AvgIpc) is 2.41. The maximum absolute atomic E-state index is 11.8. The van der Waals surface area contributed by atoms with Gasteiger partial charge in [0.15, 0.2) is 0 Å². The Hall–Kier alpha value is -0.840. The SMILES string of the molecule is COC(=O)[C@H]1CCCCN1Cc1ccc(Cl)nc1Cl. The number of carbonyl (C=O) groups is 1. The van der Waals surface area contributed by atoms with E-state index in [1.54, 1.807) is 6.07 Å². The van der Waals surface area contributed by atoms with Crippen LogP contribution in [0.2, 0.25) is 10.3 Å². The van der Waals surface area contributed by atoms with Crippen LogP contribution >= 0.6 is 23.2 Å². The number of piperidine rings is 1. The van der Waals surface area contributed by atoms with Gasteiger partial charge in [0.1, 0.15) is 16.3 Å². The van der Waals surface area contributed by atoms with E-state index in [4.69, 9.17) is 27.9 Å². The van der Waals surface area contributed by atoms with Crippen molar-refractivity contribution < 1.29 is 9.53 Å². The zero-order valence-electron chi connectivity index (χ0n) is 10.7. The summed E-state index contributed by atoms with van der Waals surface area (Å²) in [4.78, 5) is 17.9. The van der Waals surface area contributed by atoms with Crippen LogP contribution in [0.15, 0.2) is 12.1 Å².